The van der Waals surface area contributed by atoms with Crippen LogP contribution in [0.5, 0.6) is 11.5 Å². The Morgan fingerprint density at radius 1 is 1.25 bits per heavy atom. The van der Waals surface area contributed by atoms with Gasteiger partial charge in [-0.1, -0.05) is 18.2 Å². The number of rotatable bonds is 9. The summed E-state index contributed by atoms with van der Waals surface area (Å²) in [5.41, 5.74) is 0.996. The predicted molar refractivity (Wildman–Crippen MR) is 107 cm³/mol. The molecule has 0 radical (unpaired) electrons. The lowest BCUT2D eigenvalue weighted by molar-refractivity contribution is -0.383. The van der Waals surface area contributed by atoms with Crippen molar-refractivity contribution in [2.75, 3.05) is 26.1 Å². The highest BCUT2D eigenvalue weighted by Crippen LogP contribution is 2.29. The summed E-state index contributed by atoms with van der Waals surface area (Å²) >= 11 is 0. The topological polar surface area (TPSA) is 93.9 Å². The van der Waals surface area contributed by atoms with Crippen molar-refractivity contribution in [1.82, 2.24) is 4.90 Å². The number of methoxy groups -OCH3 is 1. The van der Waals surface area contributed by atoms with E-state index in [9.17, 15) is 14.9 Å². The van der Waals surface area contributed by atoms with E-state index in [0.717, 1.165) is 5.56 Å². The first-order valence-corrected chi connectivity index (χ1v) is 8.91. The monoisotopic (exact) mass is 387 g/mol. The summed E-state index contributed by atoms with van der Waals surface area (Å²) in [4.78, 5) is 25.0. The maximum Gasteiger partial charge on any atom is 0.292 e. The van der Waals surface area contributed by atoms with Crippen molar-refractivity contribution in [2.24, 2.45) is 0 Å². The number of hydrogen-bond acceptors (Lipinski definition) is 6. The number of nitro benzene ring substituents is 1. The normalized spacial score (nSPS) is 11.8. The number of likely N-dealkylation sites (N-methyl/N-ethyl adjacent to an activating group) is 1. The van der Waals surface area contributed by atoms with Crippen molar-refractivity contribution in [3.8, 4) is 11.5 Å². The molecule has 2 aromatic carbocycles. The molecule has 2 aromatic rings. The highest BCUT2D eigenvalue weighted by molar-refractivity contribution is 5.96. The number of benzene rings is 2. The Morgan fingerprint density at radius 3 is 2.61 bits per heavy atom. The number of ether oxygens (including phenoxy) is 2. The number of carbonyl (C=O) groups excluding carboxylic acids is 1. The van der Waals surface area contributed by atoms with E-state index in [-0.39, 0.29) is 17.3 Å². The van der Waals surface area contributed by atoms with E-state index < -0.39 is 11.0 Å². The highest BCUT2D eigenvalue weighted by atomic mass is 16.6. The molecule has 0 fully saturated rings. The lowest BCUT2D eigenvalue weighted by Crippen LogP contribution is -2.39. The Kier molecular flexibility index (Phi) is 7.34. The Morgan fingerprint density at radius 2 is 1.96 bits per heavy atom. The second kappa shape index (κ2) is 9.70. The molecule has 0 aliphatic rings. The fourth-order valence-electron chi connectivity index (χ4n) is 2.69. The van der Waals surface area contributed by atoms with Crippen LogP contribution in [-0.2, 0) is 11.3 Å². The van der Waals surface area contributed by atoms with Crippen molar-refractivity contribution in [1.29, 1.82) is 0 Å². The number of amides is 1. The highest BCUT2D eigenvalue weighted by Gasteiger charge is 2.22. The van der Waals surface area contributed by atoms with Crippen LogP contribution in [0.25, 0.3) is 0 Å². The van der Waals surface area contributed by atoms with Crippen molar-refractivity contribution in [3.63, 3.8) is 0 Å². The Hall–Kier alpha value is -3.13. The van der Waals surface area contributed by atoms with Gasteiger partial charge in [0.1, 0.15) is 5.69 Å². The lowest BCUT2D eigenvalue weighted by Gasteiger charge is -2.24. The smallest absolute Gasteiger partial charge is 0.292 e. The molecule has 28 heavy (non-hydrogen) atoms. The average Bonchev–Trinajstić information content (AvgIpc) is 2.68. The first-order chi connectivity index (χ1) is 13.4. The van der Waals surface area contributed by atoms with Gasteiger partial charge in [0.2, 0.25) is 5.91 Å². The van der Waals surface area contributed by atoms with Gasteiger partial charge in [-0.2, -0.15) is 0 Å². The summed E-state index contributed by atoms with van der Waals surface area (Å²) in [6.45, 7) is 4.68. The van der Waals surface area contributed by atoms with Gasteiger partial charge >= 0.3 is 0 Å². The van der Waals surface area contributed by atoms with Crippen LogP contribution < -0.4 is 14.8 Å². The van der Waals surface area contributed by atoms with Gasteiger partial charge in [-0.05, 0) is 44.7 Å². The molecule has 0 aliphatic carbocycles. The molecule has 0 spiro atoms. The summed E-state index contributed by atoms with van der Waals surface area (Å²) in [5.74, 6) is 0.970. The molecule has 0 saturated heterocycles. The number of nitrogens with zero attached hydrogens (tertiary/aromatic N) is 2. The first kappa shape index (κ1) is 21.2. The largest absolute Gasteiger partial charge is 0.493 e. The minimum absolute atomic E-state index is 0.137. The zero-order valence-corrected chi connectivity index (χ0v) is 16.5. The average molecular weight is 387 g/mol. The minimum Gasteiger partial charge on any atom is -0.493 e. The zero-order chi connectivity index (χ0) is 20.7. The van der Waals surface area contributed by atoms with E-state index in [1.54, 1.807) is 26.2 Å². The van der Waals surface area contributed by atoms with Gasteiger partial charge in [-0.3, -0.25) is 19.8 Å². The van der Waals surface area contributed by atoms with Crippen LogP contribution in [0.3, 0.4) is 0 Å². The fourth-order valence-corrected chi connectivity index (χ4v) is 2.69. The molecule has 1 N–H and O–H groups in total. The van der Waals surface area contributed by atoms with Crippen LogP contribution in [-0.4, -0.2) is 42.5 Å². The third kappa shape index (κ3) is 5.20. The van der Waals surface area contributed by atoms with E-state index in [1.165, 1.54) is 12.1 Å². The summed E-state index contributed by atoms with van der Waals surface area (Å²) in [5, 5.41) is 13.7. The van der Waals surface area contributed by atoms with Crippen LogP contribution in [0, 0.1) is 10.1 Å². The van der Waals surface area contributed by atoms with Gasteiger partial charge in [0.25, 0.3) is 5.69 Å². The first-order valence-electron chi connectivity index (χ1n) is 8.91. The van der Waals surface area contributed by atoms with Crippen LogP contribution in [0.15, 0.2) is 42.5 Å². The molecule has 2 rings (SSSR count). The van der Waals surface area contributed by atoms with Crippen molar-refractivity contribution < 1.29 is 19.2 Å². The number of hydrogen-bond donors (Lipinski definition) is 1. The second-order valence-corrected chi connectivity index (χ2v) is 6.27. The van der Waals surface area contributed by atoms with Crippen molar-refractivity contribution in [2.45, 2.75) is 26.4 Å². The van der Waals surface area contributed by atoms with Gasteiger partial charge in [0.05, 0.1) is 24.7 Å². The fraction of sp³-hybridized carbons (Fsp3) is 0.350. The molecular weight excluding hydrogens is 362 g/mol. The van der Waals surface area contributed by atoms with Gasteiger partial charge in [-0.25, -0.2) is 0 Å². The van der Waals surface area contributed by atoms with Crippen molar-refractivity contribution >= 4 is 17.3 Å². The Labute approximate surface area is 164 Å². The number of carbonyl (C=O) groups is 1. The summed E-state index contributed by atoms with van der Waals surface area (Å²) < 4.78 is 10.9. The molecule has 150 valence electrons. The SMILES string of the molecule is CCOc1ccc(CN(C)[C@H](C)C(=O)Nc2ccccc2[N+](=O)[O-])cc1OC. The number of para-hydroxylation sites is 2. The quantitative estimate of drug-likeness (QED) is 0.523. The van der Waals surface area contributed by atoms with Crippen molar-refractivity contribution in [3.05, 3.63) is 58.1 Å². The molecule has 0 saturated carbocycles. The van der Waals surface area contributed by atoms with Crippen LogP contribution in [0.2, 0.25) is 0 Å². The van der Waals surface area contributed by atoms with Gasteiger partial charge < -0.3 is 14.8 Å². The molecule has 8 heteroatoms. The van der Waals surface area contributed by atoms with E-state index in [1.807, 2.05) is 37.1 Å². The second-order valence-electron chi connectivity index (χ2n) is 6.27. The third-order valence-corrected chi connectivity index (χ3v) is 4.36. The van der Waals surface area contributed by atoms with Crippen LogP contribution >= 0.6 is 0 Å². The van der Waals surface area contributed by atoms with Crippen LogP contribution in [0.1, 0.15) is 19.4 Å². The maximum atomic E-state index is 12.6. The standard InChI is InChI=1S/C20H25N3O5/c1-5-28-18-11-10-15(12-19(18)27-4)13-22(3)14(2)20(24)21-16-8-6-7-9-17(16)23(25)26/h6-12,14H,5,13H2,1-4H3,(H,21,24)/t14-/m1/s1. The molecule has 8 nitrogen and oxygen atoms in total. The zero-order valence-electron chi connectivity index (χ0n) is 16.5. The maximum absolute atomic E-state index is 12.6. The van der Waals surface area contributed by atoms with Gasteiger partial charge in [-0.15, -0.1) is 0 Å². The minimum atomic E-state index is -0.518. The van der Waals surface area contributed by atoms with Gasteiger partial charge in [0.15, 0.2) is 11.5 Å². The predicted octanol–water partition coefficient (Wildman–Crippen LogP) is 3.46. The summed E-state index contributed by atoms with van der Waals surface area (Å²) in [7, 11) is 3.39. The molecule has 0 aliphatic heterocycles. The Balaban J connectivity index is 2.07. The number of nitro groups is 1. The van der Waals surface area contributed by atoms with E-state index >= 15 is 0 Å². The third-order valence-electron chi connectivity index (χ3n) is 4.36. The van der Waals surface area contributed by atoms with E-state index in [0.29, 0.717) is 24.7 Å². The Bertz CT molecular complexity index is 840. The van der Waals surface area contributed by atoms with E-state index in [2.05, 4.69) is 5.32 Å². The summed E-state index contributed by atoms with van der Waals surface area (Å²) in [6, 6.07) is 11.2. The molecule has 0 unspecified atom stereocenters. The molecule has 0 aromatic heterocycles. The van der Waals surface area contributed by atoms with Crippen LogP contribution in [0.4, 0.5) is 11.4 Å². The molecule has 0 heterocycles. The van der Waals surface area contributed by atoms with Gasteiger partial charge in [0, 0.05) is 12.6 Å². The molecule has 0 bridgehead atoms. The van der Waals surface area contributed by atoms with E-state index in [4.69, 9.17) is 9.47 Å². The number of anilines is 1. The number of nitrogens with one attached hydrogen (secondary N) is 1. The molecular formula is C20H25N3O5. The summed E-state index contributed by atoms with van der Waals surface area (Å²) in [6.07, 6.45) is 0. The molecule has 1 atom stereocenters. The lowest BCUT2D eigenvalue weighted by atomic mass is 10.1. The molecule has 1 amide bonds.